The highest BCUT2D eigenvalue weighted by molar-refractivity contribution is 7.89. The van der Waals surface area contributed by atoms with Gasteiger partial charge in [0.25, 0.3) is 0 Å². The standard InChI is InChI=1S/C14H15F3N2O3S2/c1-9-12(24(20,21)19-5-3-2-4-6-19)8-11(23-9)10-7-13(22-18-10)14(15,16)17/h7-8H,2-6H2,1H3. The number of nitrogens with zero attached hydrogens (tertiary/aromatic N) is 2. The van der Waals surface area contributed by atoms with E-state index in [1.807, 2.05) is 0 Å². The van der Waals surface area contributed by atoms with Crippen LogP contribution in [-0.4, -0.2) is 31.0 Å². The first-order chi connectivity index (χ1) is 11.2. The molecule has 0 bridgehead atoms. The summed E-state index contributed by atoms with van der Waals surface area (Å²) in [6.07, 6.45) is -2.00. The van der Waals surface area contributed by atoms with Crippen LogP contribution in [0.1, 0.15) is 29.9 Å². The lowest BCUT2D eigenvalue weighted by Crippen LogP contribution is -2.35. The molecular formula is C14H15F3N2O3S2. The van der Waals surface area contributed by atoms with Gasteiger partial charge < -0.3 is 4.52 Å². The summed E-state index contributed by atoms with van der Waals surface area (Å²) >= 11 is 1.09. The molecule has 0 aromatic carbocycles. The minimum Gasteiger partial charge on any atom is -0.351 e. The maximum atomic E-state index is 12.7. The number of thiophene rings is 1. The highest BCUT2D eigenvalue weighted by atomic mass is 32.2. The van der Waals surface area contributed by atoms with Crippen LogP contribution in [0.4, 0.5) is 13.2 Å². The summed E-state index contributed by atoms with van der Waals surface area (Å²) < 4.78 is 69.0. The number of alkyl halides is 3. The van der Waals surface area contributed by atoms with E-state index in [4.69, 9.17) is 0 Å². The van der Waals surface area contributed by atoms with Crippen molar-refractivity contribution >= 4 is 21.4 Å². The third-order valence-corrected chi connectivity index (χ3v) is 7.07. The van der Waals surface area contributed by atoms with E-state index in [1.165, 1.54) is 10.4 Å². The van der Waals surface area contributed by atoms with E-state index in [1.54, 1.807) is 6.92 Å². The van der Waals surface area contributed by atoms with Gasteiger partial charge in [0.2, 0.25) is 15.8 Å². The number of aromatic nitrogens is 1. The number of sulfonamides is 1. The predicted octanol–water partition coefficient (Wildman–Crippen LogP) is 3.90. The summed E-state index contributed by atoms with van der Waals surface area (Å²) in [5.41, 5.74) is -0.0180. The average Bonchev–Trinajstić information content (AvgIpc) is 3.14. The monoisotopic (exact) mass is 380 g/mol. The quantitative estimate of drug-likeness (QED) is 0.810. The maximum Gasteiger partial charge on any atom is 0.452 e. The smallest absolute Gasteiger partial charge is 0.351 e. The van der Waals surface area contributed by atoms with Crippen LogP contribution in [-0.2, 0) is 16.2 Å². The fourth-order valence-corrected chi connectivity index (χ4v) is 5.65. The summed E-state index contributed by atoms with van der Waals surface area (Å²) in [6, 6.07) is 2.16. The van der Waals surface area contributed by atoms with E-state index in [2.05, 4.69) is 9.68 Å². The Balaban J connectivity index is 1.94. The largest absolute Gasteiger partial charge is 0.452 e. The van der Waals surface area contributed by atoms with Crippen molar-refractivity contribution in [3.05, 3.63) is 22.8 Å². The Bertz CT molecular complexity index is 834. The van der Waals surface area contributed by atoms with Gasteiger partial charge in [-0.05, 0) is 25.8 Å². The van der Waals surface area contributed by atoms with Crippen molar-refractivity contribution in [3.63, 3.8) is 0 Å². The molecule has 0 spiro atoms. The molecule has 0 radical (unpaired) electrons. The Hall–Kier alpha value is -1.39. The molecule has 2 aromatic rings. The van der Waals surface area contributed by atoms with Crippen LogP contribution in [0.5, 0.6) is 0 Å². The second-order valence-corrected chi connectivity index (χ2v) is 8.73. The van der Waals surface area contributed by atoms with Gasteiger partial charge in [0.1, 0.15) is 5.69 Å². The second kappa shape index (κ2) is 6.16. The van der Waals surface area contributed by atoms with Crippen molar-refractivity contribution < 1.29 is 26.1 Å². The van der Waals surface area contributed by atoms with E-state index in [0.29, 0.717) is 22.8 Å². The highest BCUT2D eigenvalue weighted by Gasteiger charge is 2.37. The minimum atomic E-state index is -4.62. The molecule has 24 heavy (non-hydrogen) atoms. The number of aryl methyl sites for hydroxylation is 1. The van der Waals surface area contributed by atoms with Gasteiger partial charge in [-0.25, -0.2) is 8.42 Å². The lowest BCUT2D eigenvalue weighted by molar-refractivity contribution is -0.155. The van der Waals surface area contributed by atoms with Crippen LogP contribution < -0.4 is 0 Å². The summed E-state index contributed by atoms with van der Waals surface area (Å²) in [5, 5.41) is 3.41. The van der Waals surface area contributed by atoms with E-state index < -0.39 is 22.0 Å². The van der Waals surface area contributed by atoms with Crippen LogP contribution in [0.25, 0.3) is 10.6 Å². The van der Waals surface area contributed by atoms with Crippen molar-refractivity contribution in [3.8, 4) is 10.6 Å². The van der Waals surface area contributed by atoms with E-state index in [-0.39, 0.29) is 10.6 Å². The molecule has 1 aliphatic rings. The van der Waals surface area contributed by atoms with Crippen molar-refractivity contribution in [2.75, 3.05) is 13.1 Å². The van der Waals surface area contributed by atoms with Gasteiger partial charge >= 0.3 is 6.18 Å². The number of halogens is 3. The van der Waals surface area contributed by atoms with Crippen LogP contribution >= 0.6 is 11.3 Å². The third kappa shape index (κ3) is 3.22. The molecule has 0 amide bonds. The molecule has 1 saturated heterocycles. The van der Waals surface area contributed by atoms with Crippen molar-refractivity contribution in [1.29, 1.82) is 0 Å². The normalized spacial score (nSPS) is 17.3. The Morgan fingerprint density at radius 3 is 2.46 bits per heavy atom. The summed E-state index contributed by atoms with van der Waals surface area (Å²) in [4.78, 5) is 0.982. The van der Waals surface area contributed by atoms with Gasteiger partial charge in [0.05, 0.1) is 9.77 Å². The fourth-order valence-electron chi connectivity index (χ4n) is 2.62. The van der Waals surface area contributed by atoms with Crippen molar-refractivity contribution in [1.82, 2.24) is 9.46 Å². The molecule has 3 heterocycles. The van der Waals surface area contributed by atoms with Crippen LogP contribution in [0.3, 0.4) is 0 Å². The summed E-state index contributed by atoms with van der Waals surface area (Å²) in [6.45, 7) is 2.57. The molecule has 132 valence electrons. The molecule has 0 unspecified atom stereocenters. The van der Waals surface area contributed by atoms with Crippen molar-refractivity contribution in [2.24, 2.45) is 0 Å². The molecule has 5 nitrogen and oxygen atoms in total. The van der Waals surface area contributed by atoms with E-state index in [9.17, 15) is 21.6 Å². The zero-order valence-corrected chi connectivity index (χ0v) is 14.4. The molecule has 10 heteroatoms. The molecule has 1 aliphatic heterocycles. The zero-order chi connectivity index (χ0) is 17.5. The summed E-state index contributed by atoms with van der Waals surface area (Å²) in [7, 11) is -3.64. The van der Waals surface area contributed by atoms with Crippen molar-refractivity contribution in [2.45, 2.75) is 37.3 Å². The van der Waals surface area contributed by atoms with Gasteiger partial charge in [0, 0.05) is 24.0 Å². The van der Waals surface area contributed by atoms with Gasteiger partial charge in [-0.3, -0.25) is 0 Å². The summed E-state index contributed by atoms with van der Waals surface area (Å²) in [5.74, 6) is -1.20. The first kappa shape index (κ1) is 17.4. The molecular weight excluding hydrogens is 365 g/mol. The molecule has 0 aliphatic carbocycles. The average molecular weight is 380 g/mol. The third-order valence-electron chi connectivity index (χ3n) is 3.85. The van der Waals surface area contributed by atoms with Gasteiger partial charge in [-0.1, -0.05) is 11.6 Å². The Morgan fingerprint density at radius 2 is 1.88 bits per heavy atom. The van der Waals surface area contributed by atoms with Crippen LogP contribution in [0.15, 0.2) is 21.6 Å². The molecule has 0 N–H and O–H groups in total. The molecule has 1 fully saturated rings. The fraction of sp³-hybridized carbons (Fsp3) is 0.500. The first-order valence-electron chi connectivity index (χ1n) is 7.34. The minimum absolute atomic E-state index is 0.0180. The Labute approximate surface area is 141 Å². The SMILES string of the molecule is Cc1sc(-c2cc(C(F)(F)F)on2)cc1S(=O)(=O)N1CCCCC1. The first-order valence-corrected chi connectivity index (χ1v) is 9.60. The predicted molar refractivity (Wildman–Crippen MR) is 82.2 cm³/mol. The second-order valence-electron chi connectivity index (χ2n) is 5.57. The molecule has 0 saturated carbocycles. The lowest BCUT2D eigenvalue weighted by atomic mass is 10.2. The topological polar surface area (TPSA) is 63.4 Å². The van der Waals surface area contributed by atoms with E-state index >= 15 is 0 Å². The van der Waals surface area contributed by atoms with Gasteiger partial charge in [-0.15, -0.1) is 11.3 Å². The molecule has 3 rings (SSSR count). The van der Waals surface area contributed by atoms with Crippen LogP contribution in [0.2, 0.25) is 0 Å². The zero-order valence-electron chi connectivity index (χ0n) is 12.8. The Kier molecular flexibility index (Phi) is 4.47. The number of hydrogen-bond donors (Lipinski definition) is 0. The number of piperidine rings is 1. The molecule has 0 atom stereocenters. The maximum absolute atomic E-state index is 12.7. The Morgan fingerprint density at radius 1 is 1.21 bits per heavy atom. The van der Waals surface area contributed by atoms with Crippen LogP contribution in [0, 0.1) is 6.92 Å². The number of rotatable bonds is 3. The highest BCUT2D eigenvalue weighted by Crippen LogP contribution is 2.37. The number of hydrogen-bond acceptors (Lipinski definition) is 5. The molecule has 2 aromatic heterocycles. The van der Waals surface area contributed by atoms with E-state index in [0.717, 1.165) is 36.7 Å². The van der Waals surface area contributed by atoms with Gasteiger partial charge in [-0.2, -0.15) is 17.5 Å². The van der Waals surface area contributed by atoms with Gasteiger partial charge in [0.15, 0.2) is 0 Å². The lowest BCUT2D eigenvalue weighted by Gasteiger charge is -2.25.